The molecule has 0 bridgehead atoms. The van der Waals surface area contributed by atoms with Crippen LogP contribution < -0.4 is 5.32 Å². The molecule has 388 valence electrons. The van der Waals surface area contributed by atoms with Crippen molar-refractivity contribution in [1.29, 1.82) is 0 Å². The Morgan fingerprint density at radius 3 is 1.14 bits per heavy atom. The number of aliphatic hydroxyl groups excluding tert-OH is 8. The first-order chi connectivity index (χ1) is 31.6. The first kappa shape index (κ1) is 62.1. The van der Waals surface area contributed by atoms with E-state index in [2.05, 4.69) is 19.2 Å². The number of ether oxygens (including phenoxy) is 2. The quantitative estimate of drug-likeness (QED) is 0.0263. The highest BCUT2D eigenvalue weighted by Crippen LogP contribution is 2.24. The highest BCUT2D eigenvalue weighted by atomic mass is 16.7. The molecule has 10 atom stereocenters. The summed E-state index contributed by atoms with van der Waals surface area (Å²) in [4.78, 5) is 13.2. The fraction of sp³-hybridized carbons (Fsp3) is 0.981. The zero-order valence-corrected chi connectivity index (χ0v) is 41.9. The maximum absolute atomic E-state index is 13.2. The first-order valence-corrected chi connectivity index (χ1v) is 27.5. The molecule has 0 aromatic rings. The van der Waals surface area contributed by atoms with Gasteiger partial charge in [-0.1, -0.05) is 245 Å². The second-order valence-corrected chi connectivity index (χ2v) is 19.8. The van der Waals surface area contributed by atoms with Crippen molar-refractivity contribution in [1.82, 2.24) is 5.32 Å². The Morgan fingerprint density at radius 2 is 0.800 bits per heavy atom. The molecule has 1 fully saturated rings. The second kappa shape index (κ2) is 43.1. The number of hydrogen-bond acceptors (Lipinski definition) is 11. The lowest BCUT2D eigenvalue weighted by Gasteiger charge is -2.40. The Morgan fingerprint density at radius 1 is 0.477 bits per heavy atom. The van der Waals surface area contributed by atoms with E-state index in [1.54, 1.807) is 0 Å². The largest absolute Gasteiger partial charge is 0.394 e. The summed E-state index contributed by atoms with van der Waals surface area (Å²) in [5.41, 5.74) is 0. The number of carbonyl (C=O) groups is 1. The highest BCUT2D eigenvalue weighted by molar-refractivity contribution is 5.81. The third-order valence-corrected chi connectivity index (χ3v) is 13.8. The van der Waals surface area contributed by atoms with Gasteiger partial charge >= 0.3 is 0 Å². The maximum Gasteiger partial charge on any atom is 0.251 e. The predicted molar refractivity (Wildman–Crippen MR) is 262 cm³/mol. The maximum atomic E-state index is 13.2. The normalized spacial score (nSPS) is 21.3. The van der Waals surface area contributed by atoms with Gasteiger partial charge in [0.05, 0.1) is 31.5 Å². The van der Waals surface area contributed by atoms with E-state index in [-0.39, 0.29) is 12.8 Å². The number of carbonyl (C=O) groups excluding carboxylic acids is 1. The molecule has 65 heavy (non-hydrogen) atoms. The van der Waals surface area contributed by atoms with Crippen LogP contribution in [0.1, 0.15) is 258 Å². The van der Waals surface area contributed by atoms with Crippen molar-refractivity contribution in [3.63, 3.8) is 0 Å². The van der Waals surface area contributed by atoms with Crippen LogP contribution in [-0.2, 0) is 14.3 Å². The number of nitrogens with one attached hydrogen (secondary N) is 1. The van der Waals surface area contributed by atoms with Crippen molar-refractivity contribution in [2.24, 2.45) is 0 Å². The van der Waals surface area contributed by atoms with Crippen LogP contribution in [0.5, 0.6) is 0 Å². The van der Waals surface area contributed by atoms with Crippen molar-refractivity contribution in [3.8, 4) is 0 Å². The van der Waals surface area contributed by atoms with E-state index in [0.717, 1.165) is 38.5 Å². The number of amides is 1. The molecule has 1 rings (SSSR count). The third kappa shape index (κ3) is 31.8. The number of hydrogen-bond donors (Lipinski definition) is 9. The van der Waals surface area contributed by atoms with Gasteiger partial charge in [-0.15, -0.1) is 0 Å². The number of rotatable bonds is 47. The SMILES string of the molecule is CCCCCCCCCCCCCCCCCCCCCCCCCC(O)C(O)C(=O)NC(COC1OC(CO)C(O)C(O)C1O)C(O)C(O)CCCCCCCCCCCCCCC. The minimum atomic E-state index is -1.78. The molecule has 1 saturated heterocycles. The zero-order chi connectivity index (χ0) is 47.8. The van der Waals surface area contributed by atoms with E-state index < -0.39 is 80.3 Å². The molecule has 1 heterocycles. The molecule has 1 aliphatic rings. The van der Waals surface area contributed by atoms with Gasteiger partial charge in [-0.3, -0.25) is 4.79 Å². The molecule has 12 heteroatoms. The Kier molecular flexibility index (Phi) is 41.2. The van der Waals surface area contributed by atoms with Crippen molar-refractivity contribution >= 4 is 5.91 Å². The van der Waals surface area contributed by atoms with Gasteiger partial charge in [0.15, 0.2) is 12.4 Å². The summed E-state index contributed by atoms with van der Waals surface area (Å²) in [7, 11) is 0. The van der Waals surface area contributed by atoms with Crippen LogP contribution in [-0.4, -0.2) is 121 Å². The van der Waals surface area contributed by atoms with Crippen LogP contribution in [0.2, 0.25) is 0 Å². The topological polar surface area (TPSA) is 209 Å². The molecule has 0 saturated carbocycles. The molecule has 10 unspecified atom stereocenters. The van der Waals surface area contributed by atoms with Crippen LogP contribution in [0, 0.1) is 0 Å². The number of unbranched alkanes of at least 4 members (excludes halogenated alkanes) is 34. The molecule has 0 aliphatic carbocycles. The average Bonchev–Trinajstić information content (AvgIpc) is 3.31. The number of aliphatic hydroxyl groups is 8. The van der Waals surface area contributed by atoms with Crippen molar-refractivity contribution in [2.45, 2.75) is 319 Å². The van der Waals surface area contributed by atoms with E-state index in [0.29, 0.717) is 12.8 Å². The van der Waals surface area contributed by atoms with Gasteiger partial charge in [0.25, 0.3) is 5.91 Å². The molecular formula is C53H105NO11. The van der Waals surface area contributed by atoms with E-state index in [4.69, 9.17) is 9.47 Å². The highest BCUT2D eigenvalue weighted by Gasteiger charge is 2.44. The monoisotopic (exact) mass is 932 g/mol. The third-order valence-electron chi connectivity index (χ3n) is 13.8. The minimum Gasteiger partial charge on any atom is -0.394 e. The van der Waals surface area contributed by atoms with E-state index in [1.165, 1.54) is 180 Å². The summed E-state index contributed by atoms with van der Waals surface area (Å²) in [6, 6.07) is -1.28. The lowest BCUT2D eigenvalue weighted by atomic mass is 9.98. The summed E-state index contributed by atoms with van der Waals surface area (Å²) in [6.45, 7) is 3.34. The van der Waals surface area contributed by atoms with Crippen LogP contribution in [0.3, 0.4) is 0 Å². The first-order valence-electron chi connectivity index (χ1n) is 27.5. The van der Waals surface area contributed by atoms with Gasteiger partial charge in [0, 0.05) is 0 Å². The van der Waals surface area contributed by atoms with E-state index >= 15 is 0 Å². The van der Waals surface area contributed by atoms with Crippen LogP contribution >= 0.6 is 0 Å². The van der Waals surface area contributed by atoms with Crippen molar-refractivity contribution < 1.29 is 55.1 Å². The lowest BCUT2D eigenvalue weighted by molar-refractivity contribution is -0.303. The summed E-state index contributed by atoms with van der Waals surface area (Å²) >= 11 is 0. The molecular weight excluding hydrogens is 827 g/mol. The van der Waals surface area contributed by atoms with Gasteiger partial charge < -0.3 is 55.6 Å². The standard InChI is InChI=1S/C53H105NO11/c1-3-5-7-9-11-13-15-17-18-19-20-21-22-23-24-25-26-28-30-32-34-36-38-40-45(57)48(59)52(63)54-43(42-64-53-51(62)50(61)49(60)46(41-55)65-53)47(58)44(56)39-37-35-33-31-29-27-16-14-12-10-8-6-4-2/h43-51,53,55-62H,3-42H2,1-2H3,(H,54,63). The average molecular weight is 932 g/mol. The van der Waals surface area contributed by atoms with E-state index in [9.17, 15) is 45.6 Å². The summed E-state index contributed by atoms with van der Waals surface area (Å²) in [5.74, 6) is -0.943. The Hall–Kier alpha value is -0.930. The molecule has 0 radical (unpaired) electrons. The summed E-state index contributed by atoms with van der Waals surface area (Å²) in [5, 5.41) is 86.5. The fourth-order valence-corrected chi connectivity index (χ4v) is 9.18. The Balaban J connectivity index is 2.34. The molecule has 0 aromatic carbocycles. The van der Waals surface area contributed by atoms with Gasteiger partial charge in [-0.2, -0.15) is 0 Å². The smallest absolute Gasteiger partial charge is 0.251 e. The van der Waals surface area contributed by atoms with Crippen molar-refractivity contribution in [3.05, 3.63) is 0 Å². The van der Waals surface area contributed by atoms with Gasteiger partial charge in [0.1, 0.15) is 30.5 Å². The predicted octanol–water partition coefficient (Wildman–Crippen LogP) is 9.59. The van der Waals surface area contributed by atoms with E-state index in [1.807, 2.05) is 0 Å². The zero-order valence-electron chi connectivity index (χ0n) is 41.9. The van der Waals surface area contributed by atoms with Crippen molar-refractivity contribution in [2.75, 3.05) is 13.2 Å². The Labute approximate surface area is 397 Å². The second-order valence-electron chi connectivity index (χ2n) is 19.8. The fourth-order valence-electron chi connectivity index (χ4n) is 9.18. The Bertz CT molecular complexity index is 1040. The molecule has 1 amide bonds. The van der Waals surface area contributed by atoms with Gasteiger partial charge in [0.2, 0.25) is 0 Å². The minimum absolute atomic E-state index is 0.226. The summed E-state index contributed by atoms with van der Waals surface area (Å²) in [6.07, 6.45) is 31.6. The molecule has 12 nitrogen and oxygen atoms in total. The molecule has 0 spiro atoms. The van der Waals surface area contributed by atoms with Gasteiger partial charge in [-0.25, -0.2) is 0 Å². The molecule has 9 N–H and O–H groups in total. The summed E-state index contributed by atoms with van der Waals surface area (Å²) < 4.78 is 11.1. The van der Waals surface area contributed by atoms with Crippen LogP contribution in [0.4, 0.5) is 0 Å². The lowest BCUT2D eigenvalue weighted by Crippen LogP contribution is -2.60. The van der Waals surface area contributed by atoms with Crippen LogP contribution in [0.25, 0.3) is 0 Å². The van der Waals surface area contributed by atoms with Crippen LogP contribution in [0.15, 0.2) is 0 Å². The molecule has 1 aliphatic heterocycles. The molecule has 0 aromatic heterocycles. The van der Waals surface area contributed by atoms with Gasteiger partial charge in [-0.05, 0) is 12.8 Å².